The molecule has 2 bridgehead atoms. The summed E-state index contributed by atoms with van der Waals surface area (Å²) in [4.78, 5) is 14.4. The van der Waals surface area contributed by atoms with E-state index in [1.807, 2.05) is 0 Å². The number of methoxy groups -OCH3 is 1. The van der Waals surface area contributed by atoms with Gasteiger partial charge in [0.15, 0.2) is 0 Å². The molecule has 2 saturated heterocycles. The molecule has 2 rings (SSSR count). The fourth-order valence-corrected chi connectivity index (χ4v) is 3.34. The molecule has 0 aromatic heterocycles. The highest BCUT2D eigenvalue weighted by Gasteiger charge is 2.36. The van der Waals surface area contributed by atoms with Gasteiger partial charge < -0.3 is 20.7 Å². The van der Waals surface area contributed by atoms with Crippen LogP contribution in [0.4, 0.5) is 0 Å². The Balaban J connectivity index is 0.00000180. The van der Waals surface area contributed by atoms with E-state index in [2.05, 4.69) is 17.3 Å². The van der Waals surface area contributed by atoms with Crippen LogP contribution in [0.5, 0.6) is 0 Å². The lowest BCUT2D eigenvalue weighted by Gasteiger charge is -2.47. The van der Waals surface area contributed by atoms with Crippen molar-refractivity contribution in [2.45, 2.75) is 56.3 Å². The number of carbonyl (C=O) groups excluding carboxylic acids is 1. The third kappa shape index (κ3) is 4.46. The van der Waals surface area contributed by atoms with Crippen molar-refractivity contribution < 1.29 is 9.53 Å². The minimum atomic E-state index is -0.510. The zero-order chi connectivity index (χ0) is 13.1. The third-order valence-corrected chi connectivity index (χ3v) is 4.48. The van der Waals surface area contributed by atoms with E-state index in [9.17, 15) is 4.79 Å². The largest absolute Gasteiger partial charge is 0.370 e. The summed E-state index contributed by atoms with van der Waals surface area (Å²) in [7, 11) is 3.74. The van der Waals surface area contributed by atoms with Crippen LogP contribution in [0.3, 0.4) is 0 Å². The van der Waals surface area contributed by atoms with Crippen LogP contribution in [0.15, 0.2) is 0 Å². The minimum absolute atomic E-state index is 0. The van der Waals surface area contributed by atoms with Gasteiger partial charge in [0.05, 0.1) is 0 Å². The Morgan fingerprint density at radius 2 is 1.90 bits per heavy atom. The predicted molar refractivity (Wildman–Crippen MR) is 84.7 cm³/mol. The number of rotatable bonds is 4. The van der Waals surface area contributed by atoms with Gasteiger partial charge in [-0.3, -0.25) is 4.79 Å². The molecule has 2 aliphatic rings. The van der Waals surface area contributed by atoms with Crippen LogP contribution in [-0.4, -0.2) is 55.7 Å². The fourth-order valence-electron chi connectivity index (χ4n) is 3.34. The lowest BCUT2D eigenvalue weighted by Crippen LogP contribution is -2.56. The second-order valence-electron chi connectivity index (χ2n) is 5.54. The molecule has 0 aliphatic carbocycles. The standard InChI is InChI=1S/C13H25N3O2.2ClH/c1-16-10-4-3-5-11(16)7-9(6-10)15-13(17)12(8-14)18-2;;/h9-12H,3-8,14H2,1-2H3,(H,15,17);2*1H. The highest BCUT2D eigenvalue weighted by molar-refractivity contribution is 5.85. The number of piperidine rings is 2. The summed E-state index contributed by atoms with van der Waals surface area (Å²) >= 11 is 0. The summed E-state index contributed by atoms with van der Waals surface area (Å²) in [6.07, 6.45) is 5.43. The third-order valence-electron chi connectivity index (χ3n) is 4.48. The molecule has 0 radical (unpaired) electrons. The number of nitrogens with one attached hydrogen (secondary N) is 1. The lowest BCUT2D eigenvalue weighted by atomic mass is 9.82. The number of nitrogens with zero attached hydrogens (tertiary/aromatic N) is 1. The van der Waals surface area contributed by atoms with Gasteiger partial charge in [0.25, 0.3) is 5.91 Å². The number of hydrogen-bond donors (Lipinski definition) is 2. The SMILES string of the molecule is COC(CN)C(=O)NC1CC2CCCC(C1)N2C.Cl.Cl. The molecule has 1 amide bonds. The van der Waals surface area contributed by atoms with Crippen molar-refractivity contribution in [2.24, 2.45) is 5.73 Å². The summed E-state index contributed by atoms with van der Waals surface area (Å²) in [6.45, 7) is 0.238. The van der Waals surface area contributed by atoms with Crippen LogP contribution in [-0.2, 0) is 9.53 Å². The molecule has 3 atom stereocenters. The number of fused-ring (bicyclic) bond motifs is 2. The van der Waals surface area contributed by atoms with Crippen LogP contribution < -0.4 is 11.1 Å². The van der Waals surface area contributed by atoms with Crippen LogP contribution in [0.25, 0.3) is 0 Å². The maximum absolute atomic E-state index is 11.9. The van der Waals surface area contributed by atoms with E-state index in [4.69, 9.17) is 10.5 Å². The van der Waals surface area contributed by atoms with Crippen molar-refractivity contribution in [1.29, 1.82) is 0 Å². The summed E-state index contributed by atoms with van der Waals surface area (Å²) in [5.41, 5.74) is 5.51. The monoisotopic (exact) mass is 327 g/mol. The number of hydrogen-bond acceptors (Lipinski definition) is 4. The lowest BCUT2D eigenvalue weighted by molar-refractivity contribution is -0.132. The Bertz CT molecular complexity index is 289. The van der Waals surface area contributed by atoms with Crippen LogP contribution in [0.1, 0.15) is 32.1 Å². The van der Waals surface area contributed by atoms with Crippen molar-refractivity contribution in [3.05, 3.63) is 0 Å². The number of ether oxygens (including phenoxy) is 1. The molecule has 2 fully saturated rings. The van der Waals surface area contributed by atoms with Crippen LogP contribution >= 0.6 is 24.8 Å². The number of nitrogens with two attached hydrogens (primary N) is 1. The Kier molecular flexibility index (Phi) is 9.02. The van der Waals surface area contributed by atoms with Gasteiger partial charge in [0.2, 0.25) is 0 Å². The minimum Gasteiger partial charge on any atom is -0.370 e. The van der Waals surface area contributed by atoms with Gasteiger partial charge in [-0.1, -0.05) is 6.42 Å². The van der Waals surface area contributed by atoms with Gasteiger partial charge in [0, 0.05) is 31.8 Å². The first kappa shape index (κ1) is 19.9. The van der Waals surface area contributed by atoms with Crippen molar-refractivity contribution in [2.75, 3.05) is 20.7 Å². The maximum atomic E-state index is 11.9. The molecular weight excluding hydrogens is 301 g/mol. The topological polar surface area (TPSA) is 67.6 Å². The molecule has 3 unspecified atom stereocenters. The molecule has 2 heterocycles. The van der Waals surface area contributed by atoms with E-state index in [0.29, 0.717) is 12.1 Å². The van der Waals surface area contributed by atoms with Gasteiger partial charge in [-0.05, 0) is 32.7 Å². The first-order valence-corrected chi connectivity index (χ1v) is 6.91. The normalized spacial score (nSPS) is 30.6. The number of carbonyl (C=O) groups is 1. The van der Waals surface area contributed by atoms with E-state index >= 15 is 0 Å². The highest BCUT2D eigenvalue weighted by Crippen LogP contribution is 2.32. The Morgan fingerprint density at radius 3 is 2.35 bits per heavy atom. The van der Waals surface area contributed by atoms with Crippen molar-refractivity contribution in [3.8, 4) is 0 Å². The van der Waals surface area contributed by atoms with E-state index in [1.54, 1.807) is 0 Å². The maximum Gasteiger partial charge on any atom is 0.250 e. The molecule has 2 aliphatic heterocycles. The molecule has 120 valence electrons. The quantitative estimate of drug-likeness (QED) is 0.806. The number of halogens is 2. The molecule has 0 aromatic carbocycles. The Labute approximate surface area is 133 Å². The molecule has 0 saturated carbocycles. The average Bonchev–Trinajstić information content (AvgIpc) is 2.32. The summed E-state index contributed by atoms with van der Waals surface area (Å²) < 4.78 is 5.07. The molecule has 0 aromatic rings. The summed E-state index contributed by atoms with van der Waals surface area (Å²) in [5, 5.41) is 3.10. The average molecular weight is 328 g/mol. The molecule has 3 N–H and O–H groups in total. The van der Waals surface area contributed by atoms with Crippen LogP contribution in [0.2, 0.25) is 0 Å². The molecule has 7 heteroatoms. The second-order valence-corrected chi connectivity index (χ2v) is 5.54. The van der Waals surface area contributed by atoms with Crippen LogP contribution in [0, 0.1) is 0 Å². The van der Waals surface area contributed by atoms with Crippen molar-refractivity contribution in [1.82, 2.24) is 10.2 Å². The predicted octanol–water partition coefficient (Wildman–Crippen LogP) is 0.935. The first-order chi connectivity index (χ1) is 8.65. The van der Waals surface area contributed by atoms with Gasteiger partial charge in [-0.2, -0.15) is 0 Å². The van der Waals surface area contributed by atoms with Crippen molar-refractivity contribution >= 4 is 30.7 Å². The van der Waals surface area contributed by atoms with Gasteiger partial charge in [-0.15, -0.1) is 24.8 Å². The van der Waals surface area contributed by atoms with Gasteiger partial charge in [-0.25, -0.2) is 0 Å². The van der Waals surface area contributed by atoms with E-state index in [-0.39, 0.29) is 43.3 Å². The number of amides is 1. The molecule has 0 spiro atoms. The summed E-state index contributed by atoms with van der Waals surface area (Å²) in [5.74, 6) is -0.0624. The van der Waals surface area contributed by atoms with Crippen molar-refractivity contribution in [3.63, 3.8) is 0 Å². The molecule has 5 nitrogen and oxygen atoms in total. The van der Waals surface area contributed by atoms with Gasteiger partial charge >= 0.3 is 0 Å². The Hall–Kier alpha value is -0.0700. The second kappa shape index (κ2) is 9.05. The molecular formula is C13H27Cl2N3O2. The fraction of sp³-hybridized carbons (Fsp3) is 0.923. The smallest absolute Gasteiger partial charge is 0.250 e. The first-order valence-electron chi connectivity index (χ1n) is 6.91. The highest BCUT2D eigenvalue weighted by atomic mass is 35.5. The van der Waals surface area contributed by atoms with E-state index in [1.165, 1.54) is 26.4 Å². The molecule has 20 heavy (non-hydrogen) atoms. The zero-order valence-corrected chi connectivity index (χ0v) is 13.8. The van der Waals surface area contributed by atoms with E-state index in [0.717, 1.165) is 12.8 Å². The summed E-state index contributed by atoms with van der Waals surface area (Å²) in [6, 6.07) is 1.54. The Morgan fingerprint density at radius 1 is 1.35 bits per heavy atom. The van der Waals surface area contributed by atoms with Gasteiger partial charge in [0.1, 0.15) is 6.10 Å². The zero-order valence-electron chi connectivity index (χ0n) is 12.2. The van der Waals surface area contributed by atoms with E-state index < -0.39 is 6.10 Å².